The molecule has 1 heterocycles. The number of sulfonamides is 1. The highest BCUT2D eigenvalue weighted by molar-refractivity contribution is 7.89. The van der Waals surface area contributed by atoms with Crippen molar-refractivity contribution in [3.05, 3.63) is 30.3 Å². The van der Waals surface area contributed by atoms with Gasteiger partial charge in [0.05, 0.1) is 37.1 Å². The predicted octanol–water partition coefficient (Wildman–Crippen LogP) is 0.374. The highest BCUT2D eigenvalue weighted by Crippen LogP contribution is 2.14. The number of nitrogens with zero attached hydrogens (tertiary/aromatic N) is 1. The fourth-order valence-electron chi connectivity index (χ4n) is 2.54. The lowest BCUT2D eigenvalue weighted by molar-refractivity contribution is -0.927. The first-order chi connectivity index (χ1) is 9.05. The molecule has 0 aliphatic carbocycles. The standard InChI is InChI=1S/C14H22N2O2S/c1-3-13(2)15-9-11-16(12-10-15)19(17,18)14-7-5-4-6-8-14/h4-8,13H,3,9-12H2,1-2H3/p+1/t13-/m1/s1. The van der Waals surface area contributed by atoms with Gasteiger partial charge < -0.3 is 4.90 Å². The van der Waals surface area contributed by atoms with E-state index in [1.807, 2.05) is 6.07 Å². The van der Waals surface area contributed by atoms with Crippen molar-refractivity contribution in [2.24, 2.45) is 0 Å². The van der Waals surface area contributed by atoms with Crippen LogP contribution in [0.15, 0.2) is 35.2 Å². The Hall–Kier alpha value is -0.910. The van der Waals surface area contributed by atoms with Gasteiger partial charge in [-0.05, 0) is 25.5 Å². The molecule has 0 aromatic heterocycles. The molecule has 1 aliphatic rings. The quantitative estimate of drug-likeness (QED) is 0.868. The zero-order valence-corrected chi connectivity index (χ0v) is 12.5. The summed E-state index contributed by atoms with van der Waals surface area (Å²) >= 11 is 0. The summed E-state index contributed by atoms with van der Waals surface area (Å²) in [4.78, 5) is 1.92. The third kappa shape index (κ3) is 3.16. The highest BCUT2D eigenvalue weighted by Gasteiger charge is 2.31. The molecule has 0 saturated carbocycles. The van der Waals surface area contributed by atoms with Gasteiger partial charge in [0.25, 0.3) is 0 Å². The van der Waals surface area contributed by atoms with Crippen LogP contribution in [-0.4, -0.2) is 44.9 Å². The average Bonchev–Trinajstić information content (AvgIpc) is 2.47. The summed E-state index contributed by atoms with van der Waals surface area (Å²) in [5, 5.41) is 0. The van der Waals surface area contributed by atoms with Crippen molar-refractivity contribution in [2.45, 2.75) is 31.2 Å². The summed E-state index contributed by atoms with van der Waals surface area (Å²) in [6.45, 7) is 7.47. The summed E-state index contributed by atoms with van der Waals surface area (Å²) in [5.41, 5.74) is 0. The first-order valence-electron chi connectivity index (χ1n) is 6.95. The van der Waals surface area contributed by atoms with E-state index in [9.17, 15) is 8.42 Å². The molecule has 5 heteroatoms. The molecule has 1 fully saturated rings. The predicted molar refractivity (Wildman–Crippen MR) is 75.7 cm³/mol. The minimum atomic E-state index is -3.30. The molecule has 4 nitrogen and oxygen atoms in total. The summed E-state index contributed by atoms with van der Waals surface area (Å²) < 4.78 is 26.5. The first kappa shape index (κ1) is 14.5. The van der Waals surface area contributed by atoms with Crippen molar-refractivity contribution in [1.29, 1.82) is 0 Å². The van der Waals surface area contributed by atoms with E-state index in [1.165, 1.54) is 4.90 Å². The van der Waals surface area contributed by atoms with Crippen molar-refractivity contribution >= 4 is 10.0 Å². The van der Waals surface area contributed by atoms with Gasteiger partial charge in [-0.3, -0.25) is 0 Å². The third-order valence-corrected chi connectivity index (χ3v) is 5.97. The molecule has 1 aromatic carbocycles. The summed E-state index contributed by atoms with van der Waals surface area (Å²) in [6.07, 6.45) is 1.14. The van der Waals surface area contributed by atoms with Crippen LogP contribution in [0, 0.1) is 0 Å². The van der Waals surface area contributed by atoms with E-state index in [1.54, 1.807) is 28.6 Å². The molecule has 0 unspecified atom stereocenters. The van der Waals surface area contributed by atoms with E-state index in [0.29, 0.717) is 24.0 Å². The Bertz CT molecular complexity index is 493. The van der Waals surface area contributed by atoms with E-state index in [2.05, 4.69) is 13.8 Å². The van der Waals surface area contributed by atoms with Gasteiger partial charge >= 0.3 is 0 Å². The van der Waals surface area contributed by atoms with E-state index in [-0.39, 0.29) is 0 Å². The van der Waals surface area contributed by atoms with Crippen LogP contribution in [0.5, 0.6) is 0 Å². The largest absolute Gasteiger partial charge is 0.331 e. The van der Waals surface area contributed by atoms with Gasteiger partial charge in [-0.1, -0.05) is 25.1 Å². The number of hydrogen-bond donors (Lipinski definition) is 1. The number of piperazine rings is 1. The van der Waals surface area contributed by atoms with Crippen LogP contribution >= 0.6 is 0 Å². The third-order valence-electron chi connectivity index (χ3n) is 4.05. The maximum atomic E-state index is 12.4. The molecule has 0 bridgehead atoms. The van der Waals surface area contributed by atoms with E-state index in [0.717, 1.165) is 19.5 Å². The number of rotatable bonds is 4. The Balaban J connectivity index is 2.06. The van der Waals surface area contributed by atoms with E-state index >= 15 is 0 Å². The van der Waals surface area contributed by atoms with Gasteiger partial charge in [0.15, 0.2) is 0 Å². The van der Waals surface area contributed by atoms with Crippen molar-refractivity contribution < 1.29 is 13.3 Å². The monoisotopic (exact) mass is 283 g/mol. The fourth-order valence-corrected chi connectivity index (χ4v) is 4.00. The van der Waals surface area contributed by atoms with Gasteiger partial charge in [0.1, 0.15) is 0 Å². The van der Waals surface area contributed by atoms with Crippen LogP contribution < -0.4 is 4.90 Å². The lowest BCUT2D eigenvalue weighted by Gasteiger charge is -2.34. The van der Waals surface area contributed by atoms with Crippen LogP contribution in [0.2, 0.25) is 0 Å². The average molecular weight is 283 g/mol. The van der Waals surface area contributed by atoms with Crippen LogP contribution in [0.3, 0.4) is 0 Å². The number of hydrogen-bond acceptors (Lipinski definition) is 2. The van der Waals surface area contributed by atoms with Crippen molar-refractivity contribution in [3.8, 4) is 0 Å². The van der Waals surface area contributed by atoms with Gasteiger partial charge in [-0.25, -0.2) is 8.42 Å². The van der Waals surface area contributed by atoms with Gasteiger partial charge in [-0.15, -0.1) is 0 Å². The molecule has 2 rings (SSSR count). The van der Waals surface area contributed by atoms with Gasteiger partial charge in [-0.2, -0.15) is 4.31 Å². The van der Waals surface area contributed by atoms with Crippen molar-refractivity contribution in [2.75, 3.05) is 26.2 Å². The topological polar surface area (TPSA) is 41.8 Å². The second kappa shape index (κ2) is 6.03. The highest BCUT2D eigenvalue weighted by atomic mass is 32.2. The summed E-state index contributed by atoms with van der Waals surface area (Å²) in [6, 6.07) is 9.33. The summed E-state index contributed by atoms with van der Waals surface area (Å²) in [5.74, 6) is 0. The Morgan fingerprint density at radius 1 is 1.21 bits per heavy atom. The Morgan fingerprint density at radius 2 is 1.79 bits per heavy atom. The Kier molecular flexibility index (Phi) is 4.60. The second-order valence-electron chi connectivity index (χ2n) is 5.18. The van der Waals surface area contributed by atoms with E-state index < -0.39 is 10.0 Å². The van der Waals surface area contributed by atoms with E-state index in [4.69, 9.17) is 0 Å². The molecule has 1 N–H and O–H groups in total. The lowest BCUT2D eigenvalue weighted by Crippen LogP contribution is -3.17. The van der Waals surface area contributed by atoms with Gasteiger partial charge in [0.2, 0.25) is 10.0 Å². The molecule has 1 saturated heterocycles. The Morgan fingerprint density at radius 3 is 2.32 bits per heavy atom. The van der Waals surface area contributed by atoms with Crippen molar-refractivity contribution in [3.63, 3.8) is 0 Å². The normalized spacial score (nSPS) is 20.3. The number of quaternary nitrogens is 1. The van der Waals surface area contributed by atoms with Crippen LogP contribution in [-0.2, 0) is 10.0 Å². The molecule has 0 radical (unpaired) electrons. The minimum Gasteiger partial charge on any atom is -0.331 e. The fraction of sp³-hybridized carbons (Fsp3) is 0.571. The molecule has 106 valence electrons. The molecular weight excluding hydrogens is 260 g/mol. The first-order valence-corrected chi connectivity index (χ1v) is 8.39. The Labute approximate surface area is 116 Å². The summed E-state index contributed by atoms with van der Waals surface area (Å²) in [7, 11) is -3.30. The number of benzene rings is 1. The second-order valence-corrected chi connectivity index (χ2v) is 7.12. The SMILES string of the molecule is CC[C@@H](C)[NH+]1CCN(S(=O)(=O)c2ccccc2)CC1. The number of nitrogens with one attached hydrogen (secondary N) is 1. The zero-order chi connectivity index (χ0) is 13.9. The molecule has 0 spiro atoms. The van der Waals surface area contributed by atoms with Crippen molar-refractivity contribution in [1.82, 2.24) is 4.31 Å². The smallest absolute Gasteiger partial charge is 0.243 e. The minimum absolute atomic E-state index is 0.405. The maximum absolute atomic E-state index is 12.4. The molecule has 19 heavy (non-hydrogen) atoms. The van der Waals surface area contributed by atoms with Crippen LogP contribution in [0.25, 0.3) is 0 Å². The van der Waals surface area contributed by atoms with Crippen LogP contribution in [0.4, 0.5) is 0 Å². The zero-order valence-electron chi connectivity index (χ0n) is 11.7. The lowest BCUT2D eigenvalue weighted by atomic mass is 10.2. The maximum Gasteiger partial charge on any atom is 0.243 e. The van der Waals surface area contributed by atoms with Crippen LogP contribution in [0.1, 0.15) is 20.3 Å². The molecule has 1 aromatic rings. The molecule has 0 amide bonds. The molecular formula is C14H23N2O2S+. The van der Waals surface area contributed by atoms with Gasteiger partial charge in [0, 0.05) is 0 Å². The molecule has 1 aliphatic heterocycles. The molecule has 1 atom stereocenters.